The van der Waals surface area contributed by atoms with Gasteiger partial charge in [0.15, 0.2) is 0 Å². The van der Waals surface area contributed by atoms with Gasteiger partial charge in [-0.3, -0.25) is 5.10 Å². The maximum absolute atomic E-state index is 13.2. The van der Waals surface area contributed by atoms with E-state index in [1.807, 2.05) is 0 Å². The molecule has 0 fully saturated rings. The molecular formula is C11H9F3N2. The normalized spacial score (nSPS) is 11.8. The molecule has 0 aliphatic rings. The summed E-state index contributed by atoms with van der Waals surface area (Å²) in [6, 6.07) is 3.62. The van der Waals surface area contributed by atoms with Crippen LogP contribution >= 0.6 is 0 Å². The molecule has 0 bridgehead atoms. The van der Waals surface area contributed by atoms with Crippen molar-refractivity contribution in [2.75, 3.05) is 0 Å². The third-order valence-electron chi connectivity index (χ3n) is 2.27. The summed E-state index contributed by atoms with van der Waals surface area (Å²) < 4.78 is 39.4. The predicted octanol–water partition coefficient (Wildman–Crippen LogP) is 3.33. The molecule has 2 rings (SSSR count). The van der Waals surface area contributed by atoms with Crippen LogP contribution in [0.25, 0.3) is 11.1 Å². The molecule has 2 aromatic rings. The lowest BCUT2D eigenvalue weighted by molar-refractivity contribution is 0.0138. The summed E-state index contributed by atoms with van der Waals surface area (Å²) in [6.07, 6.45) is 3.05. The van der Waals surface area contributed by atoms with E-state index in [0.717, 1.165) is 12.1 Å². The molecule has 0 spiro atoms. The quantitative estimate of drug-likeness (QED) is 0.835. The molecule has 84 valence electrons. The number of nitrogens with one attached hydrogen (secondary N) is 1. The highest BCUT2D eigenvalue weighted by Crippen LogP contribution is 2.32. The number of alkyl halides is 2. The summed E-state index contributed by atoms with van der Waals surface area (Å²) in [6.45, 7) is 0.671. The molecule has 5 heteroatoms. The van der Waals surface area contributed by atoms with Gasteiger partial charge in [-0.05, 0) is 17.7 Å². The van der Waals surface area contributed by atoms with E-state index in [1.54, 1.807) is 6.20 Å². The first-order chi connectivity index (χ1) is 7.48. The Morgan fingerprint density at radius 3 is 2.56 bits per heavy atom. The van der Waals surface area contributed by atoms with Gasteiger partial charge in [0.25, 0.3) is 5.92 Å². The lowest BCUT2D eigenvalue weighted by Gasteiger charge is -2.12. The smallest absolute Gasteiger partial charge is 0.273 e. The van der Waals surface area contributed by atoms with E-state index in [9.17, 15) is 13.2 Å². The summed E-state index contributed by atoms with van der Waals surface area (Å²) in [5.41, 5.74) is 0.545. The van der Waals surface area contributed by atoms with Gasteiger partial charge in [0.2, 0.25) is 0 Å². The van der Waals surface area contributed by atoms with Crippen molar-refractivity contribution in [1.82, 2.24) is 10.2 Å². The van der Waals surface area contributed by atoms with Gasteiger partial charge in [0, 0.05) is 18.7 Å². The molecule has 1 aromatic heterocycles. The predicted molar refractivity (Wildman–Crippen MR) is 53.5 cm³/mol. The summed E-state index contributed by atoms with van der Waals surface area (Å²) in [4.78, 5) is 0. The van der Waals surface area contributed by atoms with Gasteiger partial charge in [-0.2, -0.15) is 5.10 Å². The van der Waals surface area contributed by atoms with Crippen LogP contribution in [0.3, 0.4) is 0 Å². The Bertz CT molecular complexity index is 486. The molecule has 2 nitrogen and oxygen atoms in total. The Morgan fingerprint density at radius 2 is 2.00 bits per heavy atom. The number of rotatable bonds is 2. The number of hydrogen-bond acceptors (Lipinski definition) is 1. The zero-order chi connectivity index (χ0) is 11.8. The van der Waals surface area contributed by atoms with Crippen molar-refractivity contribution >= 4 is 0 Å². The fourth-order valence-corrected chi connectivity index (χ4v) is 1.45. The van der Waals surface area contributed by atoms with Crippen molar-refractivity contribution < 1.29 is 13.2 Å². The van der Waals surface area contributed by atoms with Gasteiger partial charge in [0.1, 0.15) is 5.82 Å². The molecule has 0 unspecified atom stereocenters. The largest absolute Gasteiger partial charge is 0.285 e. The van der Waals surface area contributed by atoms with Crippen LogP contribution in [0, 0.1) is 5.82 Å². The third kappa shape index (κ3) is 1.93. The van der Waals surface area contributed by atoms with Gasteiger partial charge in [0.05, 0.1) is 11.8 Å². The summed E-state index contributed by atoms with van der Waals surface area (Å²) >= 11 is 0. The molecule has 0 amide bonds. The van der Waals surface area contributed by atoms with E-state index < -0.39 is 17.3 Å². The minimum Gasteiger partial charge on any atom is -0.285 e. The van der Waals surface area contributed by atoms with Crippen LogP contribution in [0.15, 0.2) is 30.6 Å². The molecule has 0 saturated heterocycles. The molecule has 0 aliphatic carbocycles. The summed E-state index contributed by atoms with van der Waals surface area (Å²) in [5.74, 6) is -4.09. The SMILES string of the molecule is CC(F)(F)c1cc(-c2cn[nH]c2)ccc1F. The fraction of sp³-hybridized carbons (Fsp3) is 0.182. The molecule has 0 saturated carbocycles. The number of nitrogens with zero attached hydrogens (tertiary/aromatic N) is 1. The standard InChI is InChI=1S/C11H9F3N2/c1-11(13,14)9-4-7(2-3-10(9)12)8-5-15-16-6-8/h2-6H,1H3,(H,15,16). The minimum atomic E-state index is -3.19. The molecule has 1 aromatic carbocycles. The number of H-pyrrole nitrogens is 1. The Kier molecular flexibility index (Phi) is 2.46. The van der Waals surface area contributed by atoms with Crippen molar-refractivity contribution in [2.45, 2.75) is 12.8 Å². The Hall–Kier alpha value is -1.78. The Morgan fingerprint density at radius 1 is 1.25 bits per heavy atom. The zero-order valence-corrected chi connectivity index (χ0v) is 8.47. The summed E-state index contributed by atoms with van der Waals surface area (Å²) in [7, 11) is 0. The Labute approximate surface area is 90.1 Å². The number of halogens is 3. The van der Waals surface area contributed by atoms with E-state index in [4.69, 9.17) is 0 Å². The summed E-state index contributed by atoms with van der Waals surface area (Å²) in [5, 5.41) is 6.28. The van der Waals surface area contributed by atoms with Crippen LogP contribution in [-0.2, 0) is 5.92 Å². The van der Waals surface area contributed by atoms with Crippen LogP contribution in [0.1, 0.15) is 12.5 Å². The highest BCUT2D eigenvalue weighted by Gasteiger charge is 2.28. The number of hydrogen-bond donors (Lipinski definition) is 1. The second-order valence-corrected chi connectivity index (χ2v) is 3.57. The average Bonchev–Trinajstić information content (AvgIpc) is 2.69. The zero-order valence-electron chi connectivity index (χ0n) is 8.47. The van der Waals surface area contributed by atoms with Crippen LogP contribution in [0.4, 0.5) is 13.2 Å². The van der Waals surface area contributed by atoms with Crippen molar-refractivity contribution in [1.29, 1.82) is 0 Å². The minimum absolute atomic E-state index is 0.506. The average molecular weight is 226 g/mol. The Balaban J connectivity index is 2.52. The monoisotopic (exact) mass is 226 g/mol. The maximum Gasteiger partial charge on any atom is 0.273 e. The second kappa shape index (κ2) is 3.66. The fourth-order valence-electron chi connectivity index (χ4n) is 1.45. The molecule has 0 atom stereocenters. The van der Waals surface area contributed by atoms with Crippen molar-refractivity contribution in [2.24, 2.45) is 0 Å². The van der Waals surface area contributed by atoms with Crippen LogP contribution < -0.4 is 0 Å². The first-order valence-electron chi connectivity index (χ1n) is 4.65. The topological polar surface area (TPSA) is 28.7 Å². The molecular weight excluding hydrogens is 217 g/mol. The maximum atomic E-state index is 13.2. The van der Waals surface area contributed by atoms with Gasteiger partial charge in [-0.15, -0.1) is 0 Å². The van der Waals surface area contributed by atoms with Gasteiger partial charge >= 0.3 is 0 Å². The number of aromatic amines is 1. The highest BCUT2D eigenvalue weighted by molar-refractivity contribution is 5.62. The van der Waals surface area contributed by atoms with E-state index in [2.05, 4.69) is 10.2 Å². The molecule has 1 heterocycles. The first-order valence-corrected chi connectivity index (χ1v) is 4.65. The molecule has 1 N–H and O–H groups in total. The third-order valence-corrected chi connectivity index (χ3v) is 2.27. The van der Waals surface area contributed by atoms with Crippen LogP contribution in [-0.4, -0.2) is 10.2 Å². The van der Waals surface area contributed by atoms with Crippen LogP contribution in [0.5, 0.6) is 0 Å². The lowest BCUT2D eigenvalue weighted by Crippen LogP contribution is -2.09. The van der Waals surface area contributed by atoms with E-state index in [0.29, 0.717) is 18.1 Å². The number of benzene rings is 1. The van der Waals surface area contributed by atoms with Gasteiger partial charge < -0.3 is 0 Å². The molecule has 0 aliphatic heterocycles. The van der Waals surface area contributed by atoms with E-state index >= 15 is 0 Å². The molecule has 0 radical (unpaired) electrons. The second-order valence-electron chi connectivity index (χ2n) is 3.57. The van der Waals surface area contributed by atoms with Crippen LogP contribution in [0.2, 0.25) is 0 Å². The van der Waals surface area contributed by atoms with E-state index in [-0.39, 0.29) is 0 Å². The van der Waals surface area contributed by atoms with Crippen molar-refractivity contribution in [3.8, 4) is 11.1 Å². The first kappa shape index (κ1) is 10.7. The molecule has 16 heavy (non-hydrogen) atoms. The van der Waals surface area contributed by atoms with Gasteiger partial charge in [-0.25, -0.2) is 13.2 Å². The lowest BCUT2D eigenvalue weighted by atomic mass is 10.0. The van der Waals surface area contributed by atoms with Crippen molar-refractivity contribution in [3.63, 3.8) is 0 Å². The van der Waals surface area contributed by atoms with Crippen molar-refractivity contribution in [3.05, 3.63) is 42.0 Å². The van der Waals surface area contributed by atoms with E-state index in [1.165, 1.54) is 12.3 Å². The number of aromatic nitrogens is 2. The van der Waals surface area contributed by atoms with Gasteiger partial charge in [-0.1, -0.05) is 6.07 Å². The highest BCUT2D eigenvalue weighted by atomic mass is 19.3.